The van der Waals surface area contributed by atoms with E-state index in [1.807, 2.05) is 18.2 Å². The summed E-state index contributed by atoms with van der Waals surface area (Å²) in [6.07, 6.45) is 7.83. The third kappa shape index (κ3) is 3.16. The summed E-state index contributed by atoms with van der Waals surface area (Å²) in [5.41, 5.74) is 0.627. The molecular weight excluding hydrogens is 362 g/mol. The van der Waals surface area contributed by atoms with Crippen LogP contribution in [0.1, 0.15) is 44.4 Å². The lowest BCUT2D eigenvalue weighted by Gasteiger charge is -2.55. The van der Waals surface area contributed by atoms with Gasteiger partial charge in [0.1, 0.15) is 0 Å². The number of carbonyl (C=O) groups excluding carboxylic acids is 1. The van der Waals surface area contributed by atoms with E-state index in [0.717, 1.165) is 42.6 Å². The zero-order valence-electron chi connectivity index (χ0n) is 15.3. The highest BCUT2D eigenvalue weighted by Gasteiger charge is 2.54. The minimum Gasteiger partial charge on any atom is -0.421 e. The maximum Gasteiger partial charge on any atom is 0.249 e. The van der Waals surface area contributed by atoms with Crippen LogP contribution in [0.3, 0.4) is 0 Å². The van der Waals surface area contributed by atoms with E-state index in [0.29, 0.717) is 29.8 Å². The molecule has 4 saturated carbocycles. The van der Waals surface area contributed by atoms with Gasteiger partial charge in [0.2, 0.25) is 17.7 Å². The third-order valence-electron chi connectivity index (χ3n) is 6.72. The molecule has 4 fully saturated rings. The Hall–Kier alpha value is -1.88. The first-order valence-electron chi connectivity index (χ1n) is 9.97. The summed E-state index contributed by atoms with van der Waals surface area (Å²) in [6, 6.07) is 7.40. The van der Waals surface area contributed by atoms with Gasteiger partial charge < -0.3 is 9.73 Å². The van der Waals surface area contributed by atoms with Crippen LogP contribution in [0, 0.1) is 23.2 Å². The molecule has 1 aromatic carbocycles. The van der Waals surface area contributed by atoms with Crippen molar-refractivity contribution in [3.05, 3.63) is 35.2 Å². The summed E-state index contributed by atoms with van der Waals surface area (Å²) in [5, 5.41) is 11.9. The monoisotopic (exact) mass is 385 g/mol. The third-order valence-corrected chi connectivity index (χ3v) is 7.05. The van der Waals surface area contributed by atoms with Gasteiger partial charge in [-0.2, -0.15) is 0 Å². The largest absolute Gasteiger partial charge is 0.421 e. The predicted molar refractivity (Wildman–Crippen MR) is 102 cm³/mol. The second kappa shape index (κ2) is 6.62. The Morgan fingerprint density at radius 3 is 2.44 bits per heavy atom. The van der Waals surface area contributed by atoms with Crippen LogP contribution in [-0.4, -0.2) is 22.6 Å². The molecule has 0 radical (unpaired) electrons. The number of aromatic nitrogens is 2. The number of hydrogen-bond acceptors (Lipinski definition) is 4. The minimum absolute atomic E-state index is 0.105. The van der Waals surface area contributed by atoms with Gasteiger partial charge in [-0.3, -0.25) is 4.79 Å². The molecule has 0 spiro atoms. The zero-order chi connectivity index (χ0) is 18.4. The predicted octanol–water partition coefficient (Wildman–Crippen LogP) is 4.27. The average Bonchev–Trinajstić information content (AvgIpc) is 3.09. The van der Waals surface area contributed by atoms with E-state index in [1.54, 1.807) is 6.07 Å². The average molecular weight is 386 g/mol. The van der Waals surface area contributed by atoms with E-state index < -0.39 is 0 Å². The van der Waals surface area contributed by atoms with Crippen LogP contribution in [0.4, 0.5) is 0 Å². The van der Waals surface area contributed by atoms with Crippen LogP contribution in [0.2, 0.25) is 5.02 Å². The van der Waals surface area contributed by atoms with E-state index in [1.165, 1.54) is 19.3 Å². The van der Waals surface area contributed by atoms with E-state index in [4.69, 9.17) is 16.0 Å². The smallest absolute Gasteiger partial charge is 0.249 e. The van der Waals surface area contributed by atoms with Crippen molar-refractivity contribution >= 4 is 17.5 Å². The van der Waals surface area contributed by atoms with Gasteiger partial charge in [0.15, 0.2) is 0 Å². The molecule has 1 N–H and O–H groups in total. The van der Waals surface area contributed by atoms with Gasteiger partial charge >= 0.3 is 0 Å². The number of halogens is 1. The van der Waals surface area contributed by atoms with Crippen molar-refractivity contribution < 1.29 is 9.21 Å². The van der Waals surface area contributed by atoms with Crippen molar-refractivity contribution in [2.45, 2.75) is 44.9 Å². The molecule has 4 aliphatic carbocycles. The molecule has 6 heteroatoms. The first-order chi connectivity index (χ1) is 13.1. The second-order valence-electron chi connectivity index (χ2n) is 8.68. The first-order valence-corrected chi connectivity index (χ1v) is 10.3. The molecule has 0 aliphatic heterocycles. The molecule has 142 valence electrons. The number of carbonyl (C=O) groups is 1. The Morgan fingerprint density at radius 1 is 1.11 bits per heavy atom. The lowest BCUT2D eigenvalue weighted by Crippen LogP contribution is -2.53. The Bertz CT molecular complexity index is 827. The SMILES string of the molecule is O=C(NCCc1nnc(-c2ccccc2Cl)o1)C12CC3CC(CC(C3)C1)C2. The highest BCUT2D eigenvalue weighted by atomic mass is 35.5. The summed E-state index contributed by atoms with van der Waals surface area (Å²) < 4.78 is 5.72. The molecule has 1 amide bonds. The van der Waals surface area contributed by atoms with Crippen LogP contribution in [-0.2, 0) is 11.2 Å². The zero-order valence-corrected chi connectivity index (χ0v) is 16.0. The van der Waals surface area contributed by atoms with Crippen LogP contribution in [0.15, 0.2) is 28.7 Å². The topological polar surface area (TPSA) is 68.0 Å². The maximum atomic E-state index is 13.0. The number of nitrogens with one attached hydrogen (secondary N) is 1. The van der Waals surface area contributed by atoms with E-state index in [2.05, 4.69) is 15.5 Å². The summed E-state index contributed by atoms with van der Waals surface area (Å²) in [5.74, 6) is 3.51. The summed E-state index contributed by atoms with van der Waals surface area (Å²) in [6.45, 7) is 0.532. The molecule has 0 atom stereocenters. The lowest BCUT2D eigenvalue weighted by molar-refractivity contribution is -0.146. The number of hydrogen-bond donors (Lipinski definition) is 1. The fourth-order valence-corrected chi connectivity index (χ4v) is 6.17. The highest BCUT2D eigenvalue weighted by molar-refractivity contribution is 6.33. The number of amides is 1. The first kappa shape index (κ1) is 17.2. The molecule has 1 aromatic heterocycles. The van der Waals surface area contributed by atoms with Crippen molar-refractivity contribution in [2.75, 3.05) is 6.54 Å². The minimum atomic E-state index is -0.105. The Morgan fingerprint density at radius 2 is 1.78 bits per heavy atom. The second-order valence-corrected chi connectivity index (χ2v) is 9.09. The van der Waals surface area contributed by atoms with E-state index in [-0.39, 0.29) is 11.3 Å². The van der Waals surface area contributed by atoms with Gasteiger partial charge in [0.05, 0.1) is 10.6 Å². The van der Waals surface area contributed by atoms with Crippen molar-refractivity contribution in [3.8, 4) is 11.5 Å². The standard InChI is InChI=1S/C21H24ClN3O2/c22-17-4-2-1-3-16(17)19-25-24-18(27-19)5-6-23-20(26)21-10-13-7-14(11-21)9-15(8-13)12-21/h1-4,13-15H,5-12H2,(H,23,26). The van der Waals surface area contributed by atoms with Crippen molar-refractivity contribution in [3.63, 3.8) is 0 Å². The molecule has 0 saturated heterocycles. The Kier molecular flexibility index (Phi) is 4.23. The van der Waals surface area contributed by atoms with Gasteiger partial charge in [0, 0.05) is 18.4 Å². The fraction of sp³-hybridized carbons (Fsp3) is 0.571. The van der Waals surface area contributed by atoms with E-state index in [9.17, 15) is 4.79 Å². The summed E-state index contributed by atoms with van der Waals surface area (Å²) >= 11 is 6.18. The quantitative estimate of drug-likeness (QED) is 0.834. The summed E-state index contributed by atoms with van der Waals surface area (Å²) in [7, 11) is 0. The molecule has 6 rings (SSSR count). The normalized spacial score (nSPS) is 31.2. The highest BCUT2D eigenvalue weighted by Crippen LogP contribution is 2.60. The molecule has 27 heavy (non-hydrogen) atoms. The fourth-order valence-electron chi connectivity index (χ4n) is 5.96. The molecule has 0 unspecified atom stereocenters. The van der Waals surface area contributed by atoms with Gasteiger partial charge in [-0.1, -0.05) is 23.7 Å². The van der Waals surface area contributed by atoms with E-state index >= 15 is 0 Å². The molecule has 4 aliphatic rings. The Balaban J connectivity index is 1.20. The van der Waals surface area contributed by atoms with Crippen LogP contribution in [0.5, 0.6) is 0 Å². The molecule has 2 aromatic rings. The lowest BCUT2D eigenvalue weighted by atomic mass is 9.49. The van der Waals surface area contributed by atoms with Crippen molar-refractivity contribution in [2.24, 2.45) is 23.2 Å². The molecular formula is C21H24ClN3O2. The number of nitrogens with zero attached hydrogens (tertiary/aromatic N) is 2. The van der Waals surface area contributed by atoms with Crippen molar-refractivity contribution in [1.82, 2.24) is 15.5 Å². The van der Waals surface area contributed by atoms with Gasteiger partial charge in [-0.25, -0.2) is 0 Å². The van der Waals surface area contributed by atoms with Crippen LogP contribution >= 0.6 is 11.6 Å². The van der Waals surface area contributed by atoms with Crippen LogP contribution < -0.4 is 5.32 Å². The molecule has 1 heterocycles. The van der Waals surface area contributed by atoms with Gasteiger partial charge in [0.25, 0.3) is 0 Å². The molecule has 5 nitrogen and oxygen atoms in total. The van der Waals surface area contributed by atoms with Crippen LogP contribution in [0.25, 0.3) is 11.5 Å². The Labute approximate surface area is 163 Å². The number of rotatable bonds is 5. The van der Waals surface area contributed by atoms with Crippen molar-refractivity contribution in [1.29, 1.82) is 0 Å². The number of benzene rings is 1. The van der Waals surface area contributed by atoms with Gasteiger partial charge in [-0.15, -0.1) is 10.2 Å². The summed E-state index contributed by atoms with van der Waals surface area (Å²) in [4.78, 5) is 13.0. The van der Waals surface area contributed by atoms with Gasteiger partial charge in [-0.05, 0) is 68.4 Å². The molecule has 4 bridgehead atoms. The maximum absolute atomic E-state index is 13.0.